The van der Waals surface area contributed by atoms with Crippen molar-refractivity contribution in [2.24, 2.45) is 0 Å². The lowest BCUT2D eigenvalue weighted by Gasteiger charge is -2.15. The summed E-state index contributed by atoms with van der Waals surface area (Å²) in [5.41, 5.74) is 1.72. The van der Waals surface area contributed by atoms with E-state index in [0.29, 0.717) is 29.3 Å². The van der Waals surface area contributed by atoms with Crippen LogP contribution in [0.4, 0.5) is 15.8 Å². The molecule has 2 amide bonds. The topological polar surface area (TPSA) is 58.6 Å². The molecule has 0 saturated heterocycles. The second-order valence-electron chi connectivity index (χ2n) is 6.62. The predicted octanol–water partition coefficient (Wildman–Crippen LogP) is 4.62. The Morgan fingerprint density at radius 3 is 2.30 bits per heavy atom. The third kappa shape index (κ3) is 3.67. The van der Waals surface area contributed by atoms with E-state index in [1.165, 1.54) is 18.2 Å². The minimum atomic E-state index is -0.501. The Balaban J connectivity index is 1.79. The number of benzene rings is 3. The first-order valence-electron chi connectivity index (χ1n) is 9.52. The highest BCUT2D eigenvalue weighted by Gasteiger charge is 2.40. The van der Waals surface area contributed by atoms with E-state index >= 15 is 0 Å². The van der Waals surface area contributed by atoms with Crippen molar-refractivity contribution in [3.05, 3.63) is 95.9 Å². The van der Waals surface area contributed by atoms with Gasteiger partial charge in [-0.2, -0.15) is 0 Å². The van der Waals surface area contributed by atoms with Gasteiger partial charge in [0.25, 0.3) is 11.8 Å². The van der Waals surface area contributed by atoms with Gasteiger partial charge >= 0.3 is 0 Å². The van der Waals surface area contributed by atoms with E-state index in [4.69, 9.17) is 4.74 Å². The number of amides is 2. The van der Waals surface area contributed by atoms with E-state index in [9.17, 15) is 14.0 Å². The van der Waals surface area contributed by atoms with Gasteiger partial charge in [0.05, 0.1) is 17.9 Å². The third-order valence-electron chi connectivity index (χ3n) is 4.65. The zero-order valence-electron chi connectivity index (χ0n) is 16.3. The minimum Gasteiger partial charge on any atom is -0.494 e. The molecule has 0 bridgehead atoms. The first-order valence-corrected chi connectivity index (χ1v) is 9.52. The summed E-state index contributed by atoms with van der Waals surface area (Å²) in [6.45, 7) is 2.40. The molecule has 4 rings (SSSR count). The van der Waals surface area contributed by atoms with Gasteiger partial charge in [-0.05, 0) is 55.0 Å². The fraction of sp³-hybridized carbons (Fsp3) is 0.0833. The molecule has 0 aromatic heterocycles. The summed E-state index contributed by atoms with van der Waals surface area (Å²) in [6.07, 6.45) is 0. The van der Waals surface area contributed by atoms with Gasteiger partial charge in [-0.25, -0.2) is 9.29 Å². The van der Waals surface area contributed by atoms with Crippen molar-refractivity contribution in [2.75, 3.05) is 16.8 Å². The number of nitrogens with zero attached hydrogens (tertiary/aromatic N) is 1. The maximum atomic E-state index is 13.7. The SMILES string of the molecule is CCOc1ccc(C2=C(Nc3cccc(F)c3)C(=O)N(c3ccccc3)C2=O)cc1. The zero-order valence-corrected chi connectivity index (χ0v) is 16.3. The molecule has 30 heavy (non-hydrogen) atoms. The van der Waals surface area contributed by atoms with E-state index in [-0.39, 0.29) is 11.3 Å². The third-order valence-corrected chi connectivity index (χ3v) is 4.65. The molecule has 1 heterocycles. The number of rotatable bonds is 6. The number of hydrogen-bond acceptors (Lipinski definition) is 4. The molecule has 0 atom stereocenters. The van der Waals surface area contributed by atoms with E-state index < -0.39 is 17.6 Å². The fourth-order valence-corrected chi connectivity index (χ4v) is 3.32. The summed E-state index contributed by atoms with van der Waals surface area (Å²) in [7, 11) is 0. The Hall–Kier alpha value is -3.93. The van der Waals surface area contributed by atoms with Crippen molar-refractivity contribution in [2.45, 2.75) is 6.92 Å². The largest absolute Gasteiger partial charge is 0.494 e. The van der Waals surface area contributed by atoms with Gasteiger partial charge in [-0.15, -0.1) is 0 Å². The maximum absolute atomic E-state index is 13.7. The molecule has 6 heteroatoms. The average molecular weight is 402 g/mol. The monoisotopic (exact) mass is 402 g/mol. The lowest BCUT2D eigenvalue weighted by molar-refractivity contribution is -0.120. The second kappa shape index (κ2) is 8.21. The molecule has 0 fully saturated rings. The molecule has 3 aromatic rings. The smallest absolute Gasteiger partial charge is 0.282 e. The zero-order chi connectivity index (χ0) is 21.1. The summed E-state index contributed by atoms with van der Waals surface area (Å²) >= 11 is 0. The summed E-state index contributed by atoms with van der Waals surface area (Å²) in [4.78, 5) is 27.6. The van der Waals surface area contributed by atoms with Crippen LogP contribution in [0.25, 0.3) is 5.57 Å². The van der Waals surface area contributed by atoms with Crippen LogP contribution >= 0.6 is 0 Å². The molecule has 0 radical (unpaired) electrons. The number of anilines is 2. The summed E-state index contributed by atoms with van der Waals surface area (Å²) in [5.74, 6) is -0.730. The van der Waals surface area contributed by atoms with Gasteiger partial charge in [0.2, 0.25) is 0 Å². The average Bonchev–Trinajstić information content (AvgIpc) is 2.99. The van der Waals surface area contributed by atoms with Gasteiger partial charge in [-0.3, -0.25) is 9.59 Å². The van der Waals surface area contributed by atoms with E-state index in [2.05, 4.69) is 5.32 Å². The van der Waals surface area contributed by atoms with Gasteiger partial charge in [0, 0.05) is 5.69 Å². The van der Waals surface area contributed by atoms with Crippen LogP contribution in [0.1, 0.15) is 12.5 Å². The molecule has 1 aliphatic heterocycles. The molecule has 1 aliphatic rings. The van der Waals surface area contributed by atoms with Crippen LogP contribution in [0.5, 0.6) is 5.75 Å². The molecular weight excluding hydrogens is 383 g/mol. The van der Waals surface area contributed by atoms with Crippen molar-refractivity contribution in [1.29, 1.82) is 0 Å². The summed E-state index contributed by atoms with van der Waals surface area (Å²) in [5, 5.41) is 2.95. The number of nitrogens with one attached hydrogen (secondary N) is 1. The van der Waals surface area contributed by atoms with Crippen molar-refractivity contribution in [1.82, 2.24) is 0 Å². The Labute approximate surface area is 173 Å². The van der Waals surface area contributed by atoms with Gasteiger partial charge in [-0.1, -0.05) is 36.4 Å². The van der Waals surface area contributed by atoms with Gasteiger partial charge in [0.15, 0.2) is 0 Å². The number of halogens is 1. The number of para-hydroxylation sites is 1. The van der Waals surface area contributed by atoms with Crippen molar-refractivity contribution >= 4 is 28.8 Å². The first kappa shape index (κ1) is 19.4. The van der Waals surface area contributed by atoms with Crippen LogP contribution in [0.2, 0.25) is 0 Å². The Bertz CT molecular complexity index is 1120. The van der Waals surface area contributed by atoms with E-state index in [0.717, 1.165) is 4.90 Å². The predicted molar refractivity (Wildman–Crippen MR) is 113 cm³/mol. The molecule has 1 N–H and O–H groups in total. The molecule has 3 aromatic carbocycles. The number of carbonyl (C=O) groups is 2. The Kier molecular flexibility index (Phi) is 5.30. The minimum absolute atomic E-state index is 0.0959. The number of imide groups is 1. The van der Waals surface area contributed by atoms with Crippen LogP contribution in [-0.2, 0) is 9.59 Å². The molecule has 0 unspecified atom stereocenters. The van der Waals surface area contributed by atoms with Crippen molar-refractivity contribution in [3.63, 3.8) is 0 Å². The fourth-order valence-electron chi connectivity index (χ4n) is 3.32. The lowest BCUT2D eigenvalue weighted by atomic mass is 10.0. The highest BCUT2D eigenvalue weighted by Crippen LogP contribution is 2.34. The normalized spacial score (nSPS) is 13.7. The lowest BCUT2D eigenvalue weighted by Crippen LogP contribution is -2.32. The molecule has 0 aliphatic carbocycles. The van der Waals surface area contributed by atoms with Crippen LogP contribution in [-0.4, -0.2) is 18.4 Å². The van der Waals surface area contributed by atoms with Crippen LogP contribution in [0.15, 0.2) is 84.6 Å². The summed E-state index contributed by atoms with van der Waals surface area (Å²) < 4.78 is 19.1. The molecule has 0 saturated carbocycles. The number of hydrogen-bond donors (Lipinski definition) is 1. The quantitative estimate of drug-likeness (QED) is 0.611. The number of carbonyl (C=O) groups excluding carboxylic acids is 2. The van der Waals surface area contributed by atoms with Crippen LogP contribution in [0.3, 0.4) is 0 Å². The Morgan fingerprint density at radius 1 is 0.900 bits per heavy atom. The standard InChI is InChI=1S/C24H19FN2O3/c1-2-30-20-13-11-16(12-14-20)21-22(26-18-8-6-7-17(25)15-18)24(29)27(23(21)28)19-9-4-3-5-10-19/h3-15,26H,2H2,1H3. The highest BCUT2D eigenvalue weighted by atomic mass is 19.1. The highest BCUT2D eigenvalue weighted by molar-refractivity contribution is 6.46. The van der Waals surface area contributed by atoms with Gasteiger partial charge < -0.3 is 10.1 Å². The van der Waals surface area contributed by atoms with Gasteiger partial charge in [0.1, 0.15) is 17.3 Å². The Morgan fingerprint density at radius 2 is 1.63 bits per heavy atom. The van der Waals surface area contributed by atoms with E-state index in [1.807, 2.05) is 6.92 Å². The van der Waals surface area contributed by atoms with Crippen LogP contribution < -0.4 is 15.0 Å². The first-order chi connectivity index (χ1) is 14.6. The van der Waals surface area contributed by atoms with E-state index in [1.54, 1.807) is 60.7 Å². The summed E-state index contributed by atoms with van der Waals surface area (Å²) in [6, 6.07) is 21.4. The van der Waals surface area contributed by atoms with Crippen molar-refractivity contribution in [3.8, 4) is 5.75 Å². The molecule has 150 valence electrons. The molecule has 0 spiro atoms. The maximum Gasteiger partial charge on any atom is 0.282 e. The number of ether oxygens (including phenoxy) is 1. The van der Waals surface area contributed by atoms with Crippen molar-refractivity contribution < 1.29 is 18.7 Å². The molecule has 5 nitrogen and oxygen atoms in total. The molecular formula is C24H19FN2O3. The second-order valence-corrected chi connectivity index (χ2v) is 6.62. The van der Waals surface area contributed by atoms with Crippen LogP contribution in [0, 0.1) is 5.82 Å².